The van der Waals surface area contributed by atoms with Crippen molar-refractivity contribution in [2.45, 2.75) is 116 Å². The number of ketones is 1. The van der Waals surface area contributed by atoms with E-state index in [1.54, 1.807) is 11.1 Å². The van der Waals surface area contributed by atoms with Gasteiger partial charge in [-0.05, 0) is 111 Å². The Morgan fingerprint density at radius 3 is 2.79 bits per heavy atom. The monoisotopic (exact) mass is 456 g/mol. The van der Waals surface area contributed by atoms with E-state index in [2.05, 4.69) is 6.92 Å². The normalized spacial score (nSPS) is 38.5. The van der Waals surface area contributed by atoms with Gasteiger partial charge in [0.05, 0.1) is 6.10 Å². The van der Waals surface area contributed by atoms with Gasteiger partial charge in [0.1, 0.15) is 0 Å². The number of carbonyl (C=O) groups is 1. The highest BCUT2D eigenvalue weighted by Gasteiger charge is 2.55. The number of aliphatic hydroxyl groups excluding tert-OH is 1. The van der Waals surface area contributed by atoms with Crippen molar-refractivity contribution in [1.82, 2.24) is 0 Å². The summed E-state index contributed by atoms with van der Waals surface area (Å²) in [5.41, 5.74) is 4.71. The van der Waals surface area contributed by atoms with Gasteiger partial charge in [-0.15, -0.1) is 0 Å². The van der Waals surface area contributed by atoms with Gasteiger partial charge in [0.15, 0.2) is 12.1 Å². The van der Waals surface area contributed by atoms with Crippen molar-refractivity contribution >= 4 is 5.78 Å². The topological polar surface area (TPSA) is 55.8 Å². The lowest BCUT2D eigenvalue weighted by Crippen LogP contribution is -2.45. The molecule has 5 rings (SSSR count). The van der Waals surface area contributed by atoms with Gasteiger partial charge in [-0.1, -0.05) is 31.8 Å². The molecule has 33 heavy (non-hydrogen) atoms. The van der Waals surface area contributed by atoms with Gasteiger partial charge in [-0.25, -0.2) is 0 Å². The van der Waals surface area contributed by atoms with Gasteiger partial charge in [0.25, 0.3) is 0 Å². The second kappa shape index (κ2) is 10.3. The van der Waals surface area contributed by atoms with E-state index < -0.39 is 0 Å². The zero-order valence-electron chi connectivity index (χ0n) is 20.7. The van der Waals surface area contributed by atoms with Crippen LogP contribution < -0.4 is 0 Å². The lowest BCUT2D eigenvalue weighted by molar-refractivity contribution is -0.162. The van der Waals surface area contributed by atoms with E-state index in [9.17, 15) is 9.90 Å². The lowest BCUT2D eigenvalue weighted by atomic mass is 9.53. The number of rotatable bonds is 8. The van der Waals surface area contributed by atoms with Gasteiger partial charge in [-0.2, -0.15) is 0 Å². The highest BCUT2D eigenvalue weighted by Crippen LogP contribution is 2.62. The van der Waals surface area contributed by atoms with Crippen molar-refractivity contribution in [1.29, 1.82) is 0 Å². The molecule has 0 aromatic carbocycles. The number of hydrogen-bond donors (Lipinski definition) is 1. The SMILES string of the molecule is C[C@]12C[C@H](CCCCCCOC3CCCCO3)C3=C4CCC(=O)C=C4CC[C@H]3[C@@H]1CC[C@@H]2O. The second-order valence-corrected chi connectivity index (χ2v) is 11.7. The molecule has 4 heteroatoms. The maximum Gasteiger partial charge on any atom is 0.157 e. The third-order valence-electron chi connectivity index (χ3n) is 9.68. The van der Waals surface area contributed by atoms with Crippen molar-refractivity contribution in [3.05, 3.63) is 22.8 Å². The van der Waals surface area contributed by atoms with Crippen LogP contribution in [0.25, 0.3) is 0 Å². The average molecular weight is 457 g/mol. The van der Waals surface area contributed by atoms with E-state index >= 15 is 0 Å². The van der Waals surface area contributed by atoms with E-state index in [4.69, 9.17) is 9.47 Å². The van der Waals surface area contributed by atoms with Crippen LogP contribution in [0, 0.1) is 23.2 Å². The van der Waals surface area contributed by atoms with Crippen LogP contribution in [0.4, 0.5) is 0 Å². The van der Waals surface area contributed by atoms with Crippen LogP contribution in [0.1, 0.15) is 103 Å². The Bertz CT molecular complexity index is 776. The molecule has 0 radical (unpaired) electrons. The first kappa shape index (κ1) is 23.8. The molecule has 0 bridgehead atoms. The minimum Gasteiger partial charge on any atom is -0.393 e. The Balaban J connectivity index is 1.20. The number of hydrogen-bond acceptors (Lipinski definition) is 4. The molecular weight excluding hydrogens is 412 g/mol. The summed E-state index contributed by atoms with van der Waals surface area (Å²) in [6, 6.07) is 0. The maximum atomic E-state index is 12.1. The molecule has 4 nitrogen and oxygen atoms in total. The smallest absolute Gasteiger partial charge is 0.157 e. The Morgan fingerprint density at radius 1 is 1.06 bits per heavy atom. The first-order valence-electron chi connectivity index (χ1n) is 13.9. The largest absolute Gasteiger partial charge is 0.393 e. The van der Waals surface area contributed by atoms with Crippen molar-refractivity contribution in [3.8, 4) is 0 Å². The van der Waals surface area contributed by atoms with Crippen LogP contribution >= 0.6 is 0 Å². The highest BCUT2D eigenvalue weighted by atomic mass is 16.7. The summed E-state index contributed by atoms with van der Waals surface area (Å²) in [4.78, 5) is 12.1. The summed E-state index contributed by atoms with van der Waals surface area (Å²) in [6.07, 6.45) is 18.6. The van der Waals surface area contributed by atoms with Crippen molar-refractivity contribution in [2.24, 2.45) is 23.2 Å². The first-order chi connectivity index (χ1) is 16.1. The molecule has 0 aromatic rings. The van der Waals surface area contributed by atoms with Crippen LogP contribution in [0.2, 0.25) is 0 Å². The van der Waals surface area contributed by atoms with Crippen LogP contribution in [0.3, 0.4) is 0 Å². The molecule has 4 aliphatic carbocycles. The minimum absolute atomic E-state index is 0.0359. The molecule has 0 amide bonds. The van der Waals surface area contributed by atoms with Gasteiger partial charge >= 0.3 is 0 Å². The van der Waals surface area contributed by atoms with E-state index in [0.717, 1.165) is 51.7 Å². The fourth-order valence-electron chi connectivity index (χ4n) is 7.97. The molecule has 2 saturated carbocycles. The number of unbranched alkanes of at least 4 members (excludes halogenated alkanes) is 3. The van der Waals surface area contributed by atoms with E-state index in [-0.39, 0.29) is 17.8 Å². The fourth-order valence-corrected chi connectivity index (χ4v) is 7.97. The molecule has 184 valence electrons. The number of fused-ring (bicyclic) bond motifs is 4. The molecule has 1 heterocycles. The van der Waals surface area contributed by atoms with E-state index in [0.29, 0.717) is 30.0 Å². The van der Waals surface area contributed by atoms with Gasteiger partial charge in [-0.3, -0.25) is 4.79 Å². The summed E-state index contributed by atoms with van der Waals surface area (Å²) < 4.78 is 11.6. The number of aliphatic hydroxyl groups is 1. The average Bonchev–Trinajstić information content (AvgIpc) is 3.12. The first-order valence-corrected chi connectivity index (χ1v) is 13.9. The summed E-state index contributed by atoms with van der Waals surface area (Å²) in [7, 11) is 0. The van der Waals surface area contributed by atoms with Crippen LogP contribution in [-0.2, 0) is 14.3 Å². The summed E-state index contributed by atoms with van der Waals surface area (Å²) in [5, 5.41) is 10.9. The Hall–Kier alpha value is -0.970. The molecule has 3 fully saturated rings. The minimum atomic E-state index is -0.138. The third-order valence-corrected chi connectivity index (χ3v) is 9.68. The second-order valence-electron chi connectivity index (χ2n) is 11.7. The quantitative estimate of drug-likeness (QED) is 0.437. The third kappa shape index (κ3) is 4.90. The highest BCUT2D eigenvalue weighted by molar-refractivity contribution is 5.93. The Kier molecular flexibility index (Phi) is 7.44. The number of ether oxygens (including phenoxy) is 2. The van der Waals surface area contributed by atoms with Crippen molar-refractivity contribution in [3.63, 3.8) is 0 Å². The zero-order chi connectivity index (χ0) is 22.8. The van der Waals surface area contributed by atoms with E-state index in [1.807, 2.05) is 6.08 Å². The van der Waals surface area contributed by atoms with Crippen LogP contribution in [0.5, 0.6) is 0 Å². The standard InChI is InChI=1S/C29H44O4/c1-29-19-21(8-4-2-3-6-16-32-27-9-5-7-17-33-27)28-23-13-11-22(30)18-20(23)10-12-24(28)25(29)14-15-26(29)31/h18,21,24-27,31H,2-17,19H2,1H3/t21-,24-,25-,26-,27?,29-/m0/s1. The van der Waals surface area contributed by atoms with Crippen molar-refractivity contribution < 1.29 is 19.4 Å². The summed E-state index contributed by atoms with van der Waals surface area (Å²) >= 11 is 0. The number of carbonyl (C=O) groups excluding carboxylic acids is 1. The lowest BCUT2D eigenvalue weighted by Gasteiger charge is -2.52. The summed E-state index contributed by atoms with van der Waals surface area (Å²) in [5.74, 6) is 2.17. The van der Waals surface area contributed by atoms with Crippen LogP contribution in [0.15, 0.2) is 22.8 Å². The predicted molar refractivity (Wildman–Crippen MR) is 130 cm³/mol. The fraction of sp³-hybridized carbons (Fsp3) is 0.828. The van der Waals surface area contributed by atoms with Gasteiger partial charge in [0, 0.05) is 19.6 Å². The molecule has 1 saturated heterocycles. The number of allylic oxidation sites excluding steroid dienone is 4. The van der Waals surface area contributed by atoms with E-state index in [1.165, 1.54) is 56.9 Å². The molecule has 0 spiro atoms. The molecular formula is C29H44O4. The van der Waals surface area contributed by atoms with Gasteiger partial charge < -0.3 is 14.6 Å². The molecule has 6 atom stereocenters. The summed E-state index contributed by atoms with van der Waals surface area (Å²) in [6.45, 7) is 4.05. The zero-order valence-corrected chi connectivity index (χ0v) is 20.7. The Labute approximate surface area is 200 Å². The van der Waals surface area contributed by atoms with Gasteiger partial charge in [0.2, 0.25) is 0 Å². The van der Waals surface area contributed by atoms with Crippen LogP contribution in [-0.4, -0.2) is 36.5 Å². The predicted octanol–water partition coefficient (Wildman–Crippen LogP) is 6.27. The molecule has 1 unspecified atom stereocenters. The maximum absolute atomic E-state index is 12.1. The van der Waals surface area contributed by atoms with Crippen molar-refractivity contribution in [2.75, 3.05) is 13.2 Å². The molecule has 1 aliphatic heterocycles. The molecule has 0 aromatic heterocycles. The Morgan fingerprint density at radius 2 is 1.94 bits per heavy atom. The molecule has 1 N–H and O–H groups in total. The molecule has 5 aliphatic rings.